The van der Waals surface area contributed by atoms with Crippen LogP contribution in [0.15, 0.2) is 53.8 Å². The van der Waals surface area contributed by atoms with E-state index in [-0.39, 0.29) is 16.5 Å². The minimum Gasteiger partial charge on any atom is -0.298 e. The van der Waals surface area contributed by atoms with E-state index in [1.807, 2.05) is 0 Å². The zero-order valence-corrected chi connectivity index (χ0v) is 15.1. The number of carbonyl (C=O) groups excluding carboxylic acids is 1. The van der Waals surface area contributed by atoms with Gasteiger partial charge in [0, 0.05) is 35.5 Å². The molecule has 0 saturated carbocycles. The Bertz CT molecular complexity index is 942. The molecule has 1 aromatic carbocycles. The first-order chi connectivity index (χ1) is 12.8. The number of hydrogen-bond acceptors (Lipinski definition) is 5. The summed E-state index contributed by atoms with van der Waals surface area (Å²) in [5, 5.41) is 2.32. The molecule has 1 amide bonds. The molecule has 0 fully saturated rings. The van der Waals surface area contributed by atoms with Gasteiger partial charge in [-0.05, 0) is 29.8 Å². The fourth-order valence-electron chi connectivity index (χ4n) is 2.17. The summed E-state index contributed by atoms with van der Waals surface area (Å²) in [7, 11) is 0. The maximum absolute atomic E-state index is 12.9. The molecule has 0 aliphatic heterocycles. The van der Waals surface area contributed by atoms with Crippen molar-refractivity contribution in [3.8, 4) is 0 Å². The largest absolute Gasteiger partial charge is 0.447 e. The number of anilines is 1. The Balaban J connectivity index is 1.70. The molecular weight excluding hydrogens is 402 g/mol. The lowest BCUT2D eigenvalue weighted by atomic mass is 10.1. The van der Waals surface area contributed by atoms with E-state index in [4.69, 9.17) is 0 Å². The maximum Gasteiger partial charge on any atom is 0.447 e. The molecule has 10 heteroatoms. The number of rotatable bonds is 5. The predicted octanol–water partition coefficient (Wildman–Crippen LogP) is 5.13. The van der Waals surface area contributed by atoms with Gasteiger partial charge in [0.15, 0.2) is 5.13 Å². The molecule has 2 aromatic heterocycles. The number of halogens is 4. The van der Waals surface area contributed by atoms with Gasteiger partial charge in [-0.1, -0.05) is 12.1 Å². The zero-order valence-electron chi connectivity index (χ0n) is 13.5. The third kappa shape index (κ3) is 5.51. The van der Waals surface area contributed by atoms with E-state index in [9.17, 15) is 22.4 Å². The SMILES string of the molecule is O=C(Nc1ncc(Cc2ccc(F)cc2)s1)c1cccnc1SC(F)(F)F. The monoisotopic (exact) mass is 413 g/mol. The van der Waals surface area contributed by atoms with E-state index >= 15 is 0 Å². The topological polar surface area (TPSA) is 54.9 Å². The second kappa shape index (κ2) is 8.05. The highest BCUT2D eigenvalue weighted by Gasteiger charge is 2.32. The Hall–Kier alpha value is -2.46. The number of carbonyl (C=O) groups is 1. The van der Waals surface area contributed by atoms with E-state index < -0.39 is 28.2 Å². The van der Waals surface area contributed by atoms with Gasteiger partial charge in [-0.25, -0.2) is 14.4 Å². The number of amides is 1. The van der Waals surface area contributed by atoms with Crippen LogP contribution >= 0.6 is 23.1 Å². The highest BCUT2D eigenvalue weighted by Crippen LogP contribution is 2.37. The normalized spacial score (nSPS) is 11.4. The van der Waals surface area contributed by atoms with E-state index in [2.05, 4.69) is 15.3 Å². The molecule has 3 aromatic rings. The van der Waals surface area contributed by atoms with Crippen molar-refractivity contribution in [2.75, 3.05) is 5.32 Å². The average molecular weight is 413 g/mol. The van der Waals surface area contributed by atoms with Gasteiger partial charge < -0.3 is 0 Å². The summed E-state index contributed by atoms with van der Waals surface area (Å²) >= 11 is 0.742. The van der Waals surface area contributed by atoms with Crippen molar-refractivity contribution in [3.05, 3.63) is 70.6 Å². The van der Waals surface area contributed by atoms with Gasteiger partial charge in [0.25, 0.3) is 5.91 Å². The third-order valence-corrected chi connectivity index (χ3v) is 4.96. The van der Waals surface area contributed by atoms with Gasteiger partial charge in [-0.15, -0.1) is 11.3 Å². The van der Waals surface area contributed by atoms with Crippen LogP contribution in [0.1, 0.15) is 20.8 Å². The Morgan fingerprint density at radius 1 is 1.15 bits per heavy atom. The lowest BCUT2D eigenvalue weighted by Crippen LogP contribution is -2.14. The molecule has 3 rings (SSSR count). The number of nitrogens with one attached hydrogen (secondary N) is 1. The summed E-state index contributed by atoms with van der Waals surface area (Å²) in [5.41, 5.74) is -3.86. The Labute approximate surface area is 159 Å². The summed E-state index contributed by atoms with van der Waals surface area (Å²) in [6.07, 6.45) is 3.24. The first-order valence-electron chi connectivity index (χ1n) is 7.51. The Morgan fingerprint density at radius 2 is 1.89 bits per heavy atom. The number of thioether (sulfide) groups is 1. The van der Waals surface area contributed by atoms with Crippen LogP contribution in [-0.4, -0.2) is 21.4 Å². The fourth-order valence-corrected chi connectivity index (χ4v) is 3.61. The van der Waals surface area contributed by atoms with Gasteiger partial charge in [0.1, 0.15) is 10.8 Å². The number of pyridine rings is 1. The average Bonchev–Trinajstić information content (AvgIpc) is 3.03. The minimum absolute atomic E-state index is 0.185. The quantitative estimate of drug-likeness (QED) is 0.465. The molecule has 0 atom stereocenters. The number of benzene rings is 1. The highest BCUT2D eigenvalue weighted by atomic mass is 32.2. The molecule has 0 bridgehead atoms. The first kappa shape index (κ1) is 19.3. The molecule has 140 valence electrons. The minimum atomic E-state index is -4.55. The zero-order chi connectivity index (χ0) is 19.4. The first-order valence-corrected chi connectivity index (χ1v) is 9.15. The van der Waals surface area contributed by atoms with E-state index in [0.717, 1.165) is 10.4 Å². The summed E-state index contributed by atoms with van der Waals surface area (Å²) in [4.78, 5) is 20.8. The van der Waals surface area contributed by atoms with Crippen molar-refractivity contribution in [2.24, 2.45) is 0 Å². The molecule has 0 aliphatic rings. The Kier molecular flexibility index (Phi) is 5.76. The smallest absolute Gasteiger partial charge is 0.298 e. The van der Waals surface area contributed by atoms with Crippen LogP contribution in [0.25, 0.3) is 0 Å². The lowest BCUT2D eigenvalue weighted by molar-refractivity contribution is -0.0329. The molecule has 2 heterocycles. The van der Waals surface area contributed by atoms with Gasteiger partial charge in [0.2, 0.25) is 0 Å². The molecule has 0 saturated heterocycles. The van der Waals surface area contributed by atoms with Crippen molar-refractivity contribution in [3.63, 3.8) is 0 Å². The van der Waals surface area contributed by atoms with Crippen LogP contribution in [0.2, 0.25) is 0 Å². The van der Waals surface area contributed by atoms with Crippen LogP contribution in [0.4, 0.5) is 22.7 Å². The van der Waals surface area contributed by atoms with Gasteiger partial charge in [-0.3, -0.25) is 10.1 Å². The lowest BCUT2D eigenvalue weighted by Gasteiger charge is -2.09. The van der Waals surface area contributed by atoms with Crippen LogP contribution in [-0.2, 0) is 6.42 Å². The van der Waals surface area contributed by atoms with Crippen molar-refractivity contribution in [2.45, 2.75) is 17.0 Å². The van der Waals surface area contributed by atoms with E-state index in [1.54, 1.807) is 18.3 Å². The number of alkyl halides is 3. The predicted molar refractivity (Wildman–Crippen MR) is 95.4 cm³/mol. The van der Waals surface area contributed by atoms with Crippen molar-refractivity contribution >= 4 is 34.1 Å². The standard InChI is InChI=1S/C17H11F4N3OS2/c18-11-5-3-10(4-6-11)8-12-9-23-16(26-12)24-14(25)13-2-1-7-22-15(13)27-17(19,20)21/h1-7,9H,8H2,(H,23,24,25). The van der Waals surface area contributed by atoms with Crippen molar-refractivity contribution in [1.29, 1.82) is 0 Å². The Morgan fingerprint density at radius 3 is 2.59 bits per heavy atom. The van der Waals surface area contributed by atoms with Crippen LogP contribution in [0.3, 0.4) is 0 Å². The maximum atomic E-state index is 12.9. The molecule has 0 spiro atoms. The molecule has 27 heavy (non-hydrogen) atoms. The molecule has 1 N–H and O–H groups in total. The number of aromatic nitrogens is 2. The van der Waals surface area contributed by atoms with Crippen molar-refractivity contribution < 1.29 is 22.4 Å². The van der Waals surface area contributed by atoms with Crippen LogP contribution < -0.4 is 5.32 Å². The fraction of sp³-hybridized carbons (Fsp3) is 0.118. The van der Waals surface area contributed by atoms with Gasteiger partial charge >= 0.3 is 5.51 Å². The second-order valence-corrected chi connectivity index (χ2v) is 7.46. The van der Waals surface area contributed by atoms with E-state index in [1.165, 1.54) is 41.8 Å². The number of hydrogen-bond donors (Lipinski definition) is 1. The summed E-state index contributed by atoms with van der Waals surface area (Å²) in [6, 6.07) is 8.64. The molecule has 4 nitrogen and oxygen atoms in total. The van der Waals surface area contributed by atoms with Gasteiger partial charge in [0.05, 0.1) is 5.56 Å². The van der Waals surface area contributed by atoms with E-state index in [0.29, 0.717) is 6.42 Å². The van der Waals surface area contributed by atoms with Gasteiger partial charge in [-0.2, -0.15) is 13.2 Å². The molecule has 0 aliphatic carbocycles. The summed E-state index contributed by atoms with van der Waals surface area (Å²) < 4.78 is 50.7. The van der Waals surface area contributed by atoms with Crippen LogP contribution in [0, 0.1) is 5.82 Å². The second-order valence-electron chi connectivity index (χ2n) is 5.29. The molecule has 0 radical (unpaired) electrons. The van der Waals surface area contributed by atoms with Crippen molar-refractivity contribution in [1.82, 2.24) is 9.97 Å². The summed E-state index contributed by atoms with van der Waals surface area (Å²) in [5.74, 6) is -1.06. The summed E-state index contributed by atoms with van der Waals surface area (Å²) in [6.45, 7) is 0. The number of nitrogens with zero attached hydrogens (tertiary/aromatic N) is 2. The molecule has 0 unspecified atom stereocenters. The number of thiazole rings is 1. The van der Waals surface area contributed by atoms with Crippen LogP contribution in [0.5, 0.6) is 0 Å². The highest BCUT2D eigenvalue weighted by molar-refractivity contribution is 8.00. The molecular formula is C17H11F4N3OS2. The third-order valence-electron chi connectivity index (χ3n) is 3.29.